The summed E-state index contributed by atoms with van der Waals surface area (Å²) in [7, 11) is 0. The molecule has 1 fully saturated rings. The van der Waals surface area contributed by atoms with E-state index in [4.69, 9.17) is 4.74 Å². The number of ether oxygens (including phenoxy) is 1. The lowest BCUT2D eigenvalue weighted by molar-refractivity contribution is -0.145. The zero-order chi connectivity index (χ0) is 32.1. The van der Waals surface area contributed by atoms with Gasteiger partial charge >= 0.3 is 6.09 Å². The van der Waals surface area contributed by atoms with Gasteiger partial charge in [-0.2, -0.15) is 0 Å². The van der Waals surface area contributed by atoms with Crippen LogP contribution in [0.25, 0.3) is 10.8 Å². The molecule has 1 saturated carbocycles. The van der Waals surface area contributed by atoms with Gasteiger partial charge in [-0.05, 0) is 99.0 Å². The number of alkyl carbamates (subject to hydrolysis) is 1. The molecule has 0 bridgehead atoms. The van der Waals surface area contributed by atoms with Crippen molar-refractivity contribution >= 4 is 34.4 Å². The predicted molar refractivity (Wildman–Crippen MR) is 179 cm³/mol. The normalized spacial score (nSPS) is 14.6. The van der Waals surface area contributed by atoms with Crippen molar-refractivity contribution < 1.29 is 19.1 Å². The van der Waals surface area contributed by atoms with E-state index < -0.39 is 23.8 Å². The number of carbonyl (C=O) groups excluding carboxylic acids is 3. The highest BCUT2D eigenvalue weighted by Gasteiger charge is 2.43. The Morgan fingerprint density at radius 3 is 2.11 bits per heavy atom. The van der Waals surface area contributed by atoms with Gasteiger partial charge in [-0.25, -0.2) is 4.79 Å². The molecule has 4 aromatic carbocycles. The van der Waals surface area contributed by atoms with Gasteiger partial charge in [-0.15, -0.1) is 0 Å². The summed E-state index contributed by atoms with van der Waals surface area (Å²) in [5.74, 6) is -0.602. The molecule has 2 atom stereocenters. The van der Waals surface area contributed by atoms with Gasteiger partial charge in [0.05, 0.1) is 0 Å². The lowest BCUT2D eigenvalue weighted by Gasteiger charge is -2.44. The first-order valence-electron chi connectivity index (χ1n) is 15.7. The maximum absolute atomic E-state index is 14.8. The topological polar surface area (TPSA) is 87.7 Å². The molecule has 0 saturated heterocycles. The maximum atomic E-state index is 14.8. The number of nitrogens with one attached hydrogen (secondary N) is 2. The summed E-state index contributed by atoms with van der Waals surface area (Å²) in [6.07, 6.45) is 2.10. The molecule has 5 rings (SSSR count). The summed E-state index contributed by atoms with van der Waals surface area (Å²) in [6, 6.07) is 27.3. The largest absolute Gasteiger partial charge is 0.444 e. The Labute approximate surface area is 266 Å². The number of amides is 3. The van der Waals surface area contributed by atoms with E-state index in [1.54, 1.807) is 25.7 Å². The maximum Gasteiger partial charge on any atom is 0.408 e. The average Bonchev–Trinajstić information content (AvgIpc) is 2.96. The monoisotopic (exact) mass is 605 g/mol. The number of aryl methyl sites for hydroxylation is 2. The number of carbonyl (C=O) groups is 3. The van der Waals surface area contributed by atoms with Crippen molar-refractivity contribution in [2.45, 2.75) is 84.0 Å². The summed E-state index contributed by atoms with van der Waals surface area (Å²) in [6.45, 7) is 9.31. The molecule has 3 amide bonds. The number of hydrogen-bond acceptors (Lipinski definition) is 4. The molecule has 2 N–H and O–H groups in total. The minimum Gasteiger partial charge on any atom is -0.444 e. The predicted octanol–water partition coefficient (Wildman–Crippen LogP) is 7.65. The van der Waals surface area contributed by atoms with Gasteiger partial charge < -0.3 is 20.3 Å². The second-order valence-electron chi connectivity index (χ2n) is 13.0. The molecule has 0 heterocycles. The second kappa shape index (κ2) is 13.6. The van der Waals surface area contributed by atoms with Crippen LogP contribution in [0.4, 0.5) is 10.5 Å². The zero-order valence-electron chi connectivity index (χ0n) is 26.8. The van der Waals surface area contributed by atoms with Gasteiger partial charge in [0.2, 0.25) is 5.91 Å². The fourth-order valence-electron chi connectivity index (χ4n) is 6.00. The molecular formula is C38H43N3O4. The van der Waals surface area contributed by atoms with Crippen LogP contribution in [-0.2, 0) is 20.7 Å². The van der Waals surface area contributed by atoms with Crippen LogP contribution in [0.2, 0.25) is 0 Å². The molecule has 1 aliphatic carbocycles. The zero-order valence-corrected chi connectivity index (χ0v) is 26.8. The molecule has 0 aliphatic heterocycles. The number of anilines is 1. The van der Waals surface area contributed by atoms with Crippen molar-refractivity contribution in [3.05, 3.63) is 113 Å². The number of rotatable bonds is 9. The van der Waals surface area contributed by atoms with Gasteiger partial charge in [0.1, 0.15) is 17.7 Å². The summed E-state index contributed by atoms with van der Waals surface area (Å²) in [5.41, 5.74) is 3.45. The van der Waals surface area contributed by atoms with Crippen molar-refractivity contribution in [3.8, 4) is 0 Å². The van der Waals surface area contributed by atoms with E-state index in [1.807, 2.05) is 105 Å². The molecule has 0 spiro atoms. The van der Waals surface area contributed by atoms with E-state index in [-0.39, 0.29) is 24.3 Å². The Balaban J connectivity index is 1.56. The summed E-state index contributed by atoms with van der Waals surface area (Å²) < 4.78 is 5.58. The van der Waals surface area contributed by atoms with Gasteiger partial charge in [-0.1, -0.05) is 78.9 Å². The third-order valence-corrected chi connectivity index (χ3v) is 8.35. The minimum atomic E-state index is -0.942. The van der Waals surface area contributed by atoms with Crippen LogP contribution in [0.3, 0.4) is 0 Å². The average molecular weight is 606 g/mol. The molecule has 7 heteroatoms. The smallest absolute Gasteiger partial charge is 0.408 e. The Kier molecular flexibility index (Phi) is 9.57. The van der Waals surface area contributed by atoms with Crippen LogP contribution < -0.4 is 10.6 Å². The SMILES string of the molecule is Cc1cccc(C)c1C(C(=O)Nc1ccc2ccccc2c1)N(C(=O)C(Cc1ccccc1)NC(=O)OC(C)(C)C)C1CCC1. The van der Waals surface area contributed by atoms with E-state index >= 15 is 0 Å². The Morgan fingerprint density at radius 1 is 0.844 bits per heavy atom. The molecule has 4 aromatic rings. The molecule has 234 valence electrons. The van der Waals surface area contributed by atoms with Gasteiger partial charge in [-0.3, -0.25) is 9.59 Å². The quantitative estimate of drug-likeness (QED) is 0.205. The lowest BCUT2D eigenvalue weighted by atomic mass is 9.86. The van der Waals surface area contributed by atoms with Crippen molar-refractivity contribution in [1.29, 1.82) is 0 Å². The van der Waals surface area contributed by atoms with Crippen LogP contribution in [-0.4, -0.2) is 40.5 Å². The van der Waals surface area contributed by atoms with Gasteiger partial charge in [0.15, 0.2) is 0 Å². The fraction of sp³-hybridized carbons (Fsp3) is 0.342. The van der Waals surface area contributed by atoms with E-state index in [0.29, 0.717) is 5.69 Å². The molecule has 0 radical (unpaired) electrons. The van der Waals surface area contributed by atoms with Gasteiger partial charge in [0.25, 0.3) is 5.91 Å². The van der Waals surface area contributed by atoms with E-state index in [1.165, 1.54) is 0 Å². The summed E-state index contributed by atoms with van der Waals surface area (Å²) in [4.78, 5) is 44.2. The highest BCUT2D eigenvalue weighted by atomic mass is 16.6. The van der Waals surface area contributed by atoms with Gasteiger partial charge in [0, 0.05) is 18.2 Å². The molecule has 1 aliphatic rings. The van der Waals surface area contributed by atoms with Crippen LogP contribution in [0.15, 0.2) is 91.0 Å². The van der Waals surface area contributed by atoms with Crippen molar-refractivity contribution in [2.24, 2.45) is 0 Å². The van der Waals surface area contributed by atoms with Crippen LogP contribution >= 0.6 is 0 Å². The Hall–Kier alpha value is -4.65. The first kappa shape index (κ1) is 31.8. The standard InChI is InChI=1S/C38H43N3O4/c1-25-13-11-14-26(2)33(25)34(35(42)39-30-22-21-28-17-9-10-18-29(28)24-30)41(31-19-12-20-31)36(43)32(23-27-15-7-6-8-16-27)40-37(44)45-38(3,4)5/h6-11,13-18,21-22,24,31-32,34H,12,19-20,23H2,1-5H3,(H,39,42)(H,40,44). The number of hydrogen-bond donors (Lipinski definition) is 2. The van der Waals surface area contributed by atoms with E-state index in [2.05, 4.69) is 10.6 Å². The summed E-state index contributed by atoms with van der Waals surface area (Å²) >= 11 is 0. The first-order chi connectivity index (χ1) is 21.5. The van der Waals surface area contributed by atoms with E-state index in [0.717, 1.165) is 52.3 Å². The third-order valence-electron chi connectivity index (χ3n) is 8.35. The van der Waals surface area contributed by atoms with E-state index in [9.17, 15) is 14.4 Å². The molecule has 45 heavy (non-hydrogen) atoms. The summed E-state index contributed by atoms with van der Waals surface area (Å²) in [5, 5.41) is 8.09. The Morgan fingerprint density at radius 2 is 1.49 bits per heavy atom. The fourth-order valence-corrected chi connectivity index (χ4v) is 6.00. The van der Waals surface area contributed by atoms with Crippen molar-refractivity contribution in [2.75, 3.05) is 5.32 Å². The molecule has 0 aromatic heterocycles. The number of nitrogens with zero attached hydrogens (tertiary/aromatic N) is 1. The Bertz CT molecular complexity index is 1650. The number of benzene rings is 4. The van der Waals surface area contributed by atoms with Crippen molar-refractivity contribution in [3.63, 3.8) is 0 Å². The lowest BCUT2D eigenvalue weighted by Crippen LogP contribution is -2.57. The highest BCUT2D eigenvalue weighted by molar-refractivity contribution is 6.01. The molecule has 2 unspecified atom stereocenters. The van der Waals surface area contributed by atoms with Crippen molar-refractivity contribution in [1.82, 2.24) is 10.2 Å². The first-order valence-corrected chi connectivity index (χ1v) is 15.7. The van der Waals surface area contributed by atoms with Crippen LogP contribution in [0.1, 0.15) is 68.3 Å². The minimum absolute atomic E-state index is 0.150. The molecule has 7 nitrogen and oxygen atoms in total. The number of fused-ring (bicyclic) bond motifs is 1. The van der Waals surface area contributed by atoms with Crippen LogP contribution in [0, 0.1) is 13.8 Å². The van der Waals surface area contributed by atoms with Crippen LogP contribution in [0.5, 0.6) is 0 Å². The molecular weight excluding hydrogens is 562 g/mol. The highest BCUT2D eigenvalue weighted by Crippen LogP contribution is 2.37. The second-order valence-corrected chi connectivity index (χ2v) is 13.0. The third kappa shape index (κ3) is 7.72.